The van der Waals surface area contributed by atoms with Crippen LogP contribution in [0, 0.1) is 0 Å². The van der Waals surface area contributed by atoms with Gasteiger partial charge in [-0.15, -0.1) is 0 Å². The quantitative estimate of drug-likeness (QED) is 0.590. The normalized spacial score (nSPS) is 10.1. The Labute approximate surface area is 96.8 Å². The maximum Gasteiger partial charge on any atom is 0.337 e. The third kappa shape index (κ3) is 4.03. The Morgan fingerprint density at radius 3 is 2.88 bits per heavy atom. The summed E-state index contributed by atoms with van der Waals surface area (Å²) in [5.74, 6) is -0.275. The van der Waals surface area contributed by atoms with Crippen molar-refractivity contribution < 1.29 is 9.53 Å². The Morgan fingerprint density at radius 2 is 2.19 bits per heavy atom. The summed E-state index contributed by atoms with van der Waals surface area (Å²) in [4.78, 5) is 11.3. The highest BCUT2D eigenvalue weighted by molar-refractivity contribution is 5.89. The van der Waals surface area contributed by atoms with Gasteiger partial charge in [0.1, 0.15) is 0 Å². The summed E-state index contributed by atoms with van der Waals surface area (Å²) in [6.45, 7) is 4.13. The van der Waals surface area contributed by atoms with Gasteiger partial charge < -0.3 is 10.1 Å². The van der Waals surface area contributed by atoms with Crippen molar-refractivity contribution in [3.05, 3.63) is 35.4 Å². The number of nitrogens with one attached hydrogen (secondary N) is 1. The lowest BCUT2D eigenvalue weighted by Gasteiger charge is -2.05. The Hall–Kier alpha value is -1.35. The largest absolute Gasteiger partial charge is 0.465 e. The van der Waals surface area contributed by atoms with Crippen molar-refractivity contribution in [1.82, 2.24) is 5.32 Å². The van der Waals surface area contributed by atoms with Crippen LogP contribution in [0.25, 0.3) is 0 Å². The number of hydrogen-bond acceptors (Lipinski definition) is 3. The van der Waals surface area contributed by atoms with Crippen LogP contribution < -0.4 is 5.32 Å². The number of carbonyl (C=O) groups is 1. The Morgan fingerprint density at radius 1 is 1.38 bits per heavy atom. The molecule has 0 radical (unpaired) electrons. The minimum Gasteiger partial charge on any atom is -0.465 e. The van der Waals surface area contributed by atoms with Crippen molar-refractivity contribution in [2.24, 2.45) is 0 Å². The highest BCUT2D eigenvalue weighted by Gasteiger charge is 2.04. The number of methoxy groups -OCH3 is 1. The average Bonchev–Trinajstić information content (AvgIpc) is 2.34. The minimum absolute atomic E-state index is 0.275. The molecule has 0 spiro atoms. The number of rotatable bonds is 6. The molecule has 1 aromatic carbocycles. The Balaban J connectivity index is 2.50. The predicted molar refractivity (Wildman–Crippen MR) is 64.6 cm³/mol. The number of benzene rings is 1. The zero-order valence-corrected chi connectivity index (χ0v) is 9.95. The number of esters is 1. The molecule has 0 fully saturated rings. The molecule has 0 aliphatic carbocycles. The van der Waals surface area contributed by atoms with Gasteiger partial charge in [-0.3, -0.25) is 0 Å². The zero-order chi connectivity index (χ0) is 11.8. The van der Waals surface area contributed by atoms with E-state index in [1.807, 2.05) is 18.2 Å². The maximum absolute atomic E-state index is 11.3. The van der Waals surface area contributed by atoms with Crippen LogP contribution >= 0.6 is 0 Å². The molecular formula is C13H19NO2. The van der Waals surface area contributed by atoms with Gasteiger partial charge in [-0.2, -0.15) is 0 Å². The van der Waals surface area contributed by atoms with Crippen LogP contribution in [-0.4, -0.2) is 26.2 Å². The molecule has 0 aromatic heterocycles. The predicted octanol–water partition coefficient (Wildman–Crippen LogP) is 2.02. The van der Waals surface area contributed by atoms with E-state index in [9.17, 15) is 4.79 Å². The van der Waals surface area contributed by atoms with Crippen molar-refractivity contribution in [2.75, 3.05) is 20.2 Å². The fraction of sp³-hybridized carbons (Fsp3) is 0.462. The number of ether oxygens (including phenoxy) is 1. The Bertz CT molecular complexity index is 336. The van der Waals surface area contributed by atoms with Gasteiger partial charge in [0.15, 0.2) is 0 Å². The van der Waals surface area contributed by atoms with E-state index in [2.05, 4.69) is 17.0 Å². The highest BCUT2D eigenvalue weighted by Crippen LogP contribution is 2.06. The smallest absolute Gasteiger partial charge is 0.337 e. The summed E-state index contributed by atoms with van der Waals surface area (Å²) in [7, 11) is 1.40. The monoisotopic (exact) mass is 221 g/mol. The fourth-order valence-corrected chi connectivity index (χ4v) is 1.51. The van der Waals surface area contributed by atoms with Crippen LogP contribution in [0.1, 0.15) is 29.3 Å². The van der Waals surface area contributed by atoms with Gasteiger partial charge >= 0.3 is 5.97 Å². The Kier molecular flexibility index (Phi) is 5.57. The molecule has 0 amide bonds. The van der Waals surface area contributed by atoms with E-state index in [1.165, 1.54) is 7.11 Å². The van der Waals surface area contributed by atoms with Crippen molar-refractivity contribution in [3.63, 3.8) is 0 Å². The van der Waals surface area contributed by atoms with Crippen LogP contribution in [0.5, 0.6) is 0 Å². The van der Waals surface area contributed by atoms with Crippen molar-refractivity contribution >= 4 is 5.97 Å². The first-order valence-electron chi connectivity index (χ1n) is 5.66. The lowest BCUT2D eigenvalue weighted by atomic mass is 10.1. The third-order valence-corrected chi connectivity index (χ3v) is 2.37. The second-order valence-corrected chi connectivity index (χ2v) is 3.69. The van der Waals surface area contributed by atoms with Gasteiger partial charge in [-0.1, -0.05) is 19.1 Å². The SMILES string of the molecule is CCCNCCc1cccc(C(=O)OC)c1. The topological polar surface area (TPSA) is 38.3 Å². The second-order valence-electron chi connectivity index (χ2n) is 3.69. The van der Waals surface area contributed by atoms with E-state index < -0.39 is 0 Å². The van der Waals surface area contributed by atoms with E-state index in [4.69, 9.17) is 0 Å². The molecule has 0 heterocycles. The molecule has 1 aromatic rings. The zero-order valence-electron chi connectivity index (χ0n) is 9.95. The van der Waals surface area contributed by atoms with Gasteiger partial charge in [0.25, 0.3) is 0 Å². The van der Waals surface area contributed by atoms with Gasteiger partial charge in [0, 0.05) is 0 Å². The lowest BCUT2D eigenvalue weighted by Crippen LogP contribution is -2.17. The van der Waals surface area contributed by atoms with Gasteiger partial charge in [0.2, 0.25) is 0 Å². The van der Waals surface area contributed by atoms with E-state index in [0.29, 0.717) is 5.56 Å². The molecule has 0 saturated heterocycles. The van der Waals surface area contributed by atoms with E-state index in [1.54, 1.807) is 6.07 Å². The molecule has 1 N–H and O–H groups in total. The summed E-state index contributed by atoms with van der Waals surface area (Å²) in [5, 5.41) is 3.33. The first kappa shape index (κ1) is 12.7. The average molecular weight is 221 g/mol. The molecule has 88 valence electrons. The fourth-order valence-electron chi connectivity index (χ4n) is 1.51. The molecule has 3 nitrogen and oxygen atoms in total. The van der Waals surface area contributed by atoms with Crippen LogP contribution in [0.2, 0.25) is 0 Å². The summed E-state index contributed by atoms with van der Waals surface area (Å²) in [6.07, 6.45) is 2.08. The molecule has 0 bridgehead atoms. The molecule has 0 aliphatic rings. The highest BCUT2D eigenvalue weighted by atomic mass is 16.5. The molecular weight excluding hydrogens is 202 g/mol. The van der Waals surface area contributed by atoms with Crippen molar-refractivity contribution in [1.29, 1.82) is 0 Å². The van der Waals surface area contributed by atoms with Crippen LogP contribution in [-0.2, 0) is 11.2 Å². The third-order valence-electron chi connectivity index (χ3n) is 2.37. The van der Waals surface area contributed by atoms with Crippen LogP contribution in [0.15, 0.2) is 24.3 Å². The lowest BCUT2D eigenvalue weighted by molar-refractivity contribution is 0.0600. The van der Waals surface area contributed by atoms with Gasteiger partial charge in [0.05, 0.1) is 12.7 Å². The molecule has 16 heavy (non-hydrogen) atoms. The number of carbonyl (C=O) groups excluding carboxylic acids is 1. The van der Waals surface area contributed by atoms with Crippen LogP contribution in [0.4, 0.5) is 0 Å². The second kappa shape index (κ2) is 7.01. The summed E-state index contributed by atoms with van der Waals surface area (Å²) >= 11 is 0. The van der Waals surface area contributed by atoms with Crippen molar-refractivity contribution in [3.8, 4) is 0 Å². The maximum atomic E-state index is 11.3. The minimum atomic E-state index is -0.275. The molecule has 3 heteroatoms. The summed E-state index contributed by atoms with van der Waals surface area (Å²) < 4.78 is 4.68. The molecule has 0 atom stereocenters. The van der Waals surface area contributed by atoms with Gasteiger partial charge in [-0.25, -0.2) is 4.79 Å². The standard InChI is InChI=1S/C13H19NO2/c1-3-8-14-9-7-11-5-4-6-12(10-11)13(15)16-2/h4-6,10,14H,3,7-9H2,1-2H3. The summed E-state index contributed by atoms with van der Waals surface area (Å²) in [5.41, 5.74) is 1.78. The number of hydrogen-bond donors (Lipinski definition) is 1. The molecule has 0 aliphatic heterocycles. The first-order valence-corrected chi connectivity index (χ1v) is 5.66. The summed E-state index contributed by atoms with van der Waals surface area (Å²) in [6, 6.07) is 7.58. The van der Waals surface area contributed by atoms with E-state index >= 15 is 0 Å². The first-order chi connectivity index (χ1) is 7.77. The van der Waals surface area contributed by atoms with E-state index in [0.717, 1.165) is 31.5 Å². The van der Waals surface area contributed by atoms with Gasteiger partial charge in [-0.05, 0) is 43.6 Å². The van der Waals surface area contributed by atoms with Crippen LogP contribution in [0.3, 0.4) is 0 Å². The molecule has 0 unspecified atom stereocenters. The van der Waals surface area contributed by atoms with E-state index in [-0.39, 0.29) is 5.97 Å². The van der Waals surface area contributed by atoms with Crippen molar-refractivity contribution in [2.45, 2.75) is 19.8 Å². The molecule has 1 rings (SSSR count). The molecule has 0 saturated carbocycles.